The predicted octanol–water partition coefficient (Wildman–Crippen LogP) is 2.37. The Morgan fingerprint density at radius 2 is 2.05 bits per heavy atom. The fourth-order valence-electron chi connectivity index (χ4n) is 4.54. The number of alkyl halides is 1. The van der Waals surface area contributed by atoms with Crippen molar-refractivity contribution in [1.82, 2.24) is 20.1 Å². The van der Waals surface area contributed by atoms with Crippen LogP contribution in [0.4, 0.5) is 10.1 Å². The second kappa shape index (κ2) is 11.7. The lowest BCUT2D eigenvalue weighted by atomic mass is 10.0. The van der Waals surface area contributed by atoms with Gasteiger partial charge in [0.15, 0.2) is 0 Å². The maximum atomic E-state index is 13.8. The number of nitrogens with one attached hydrogen (secondary N) is 1. The monoisotopic (exact) mass is 510 g/mol. The standard InChI is InChI=1S/C25H27FN6O5/c26-18-9-12-30(16-18)25(34)21(29-15-23(33)31-11-2-3-19(31)14-27)13-17-5-7-20(8-6-17)37-24-22(32(35)36)4-1-10-28-24/h1,4-8,10,18-19,21,29H,2-3,9,11-13,15-16H2/t18-,19-,21-/m1/s1. The first-order valence-electron chi connectivity index (χ1n) is 12.1. The second-order valence-electron chi connectivity index (χ2n) is 9.01. The maximum Gasteiger partial charge on any atom is 0.331 e. The number of halogens is 1. The largest absolute Gasteiger partial charge is 0.434 e. The highest BCUT2D eigenvalue weighted by atomic mass is 19.1. The van der Waals surface area contributed by atoms with Gasteiger partial charge in [0.05, 0.1) is 30.1 Å². The molecule has 11 nitrogen and oxygen atoms in total. The van der Waals surface area contributed by atoms with E-state index in [0.717, 1.165) is 12.0 Å². The van der Waals surface area contributed by atoms with E-state index < -0.39 is 23.2 Å². The molecule has 1 N–H and O–H groups in total. The van der Waals surface area contributed by atoms with E-state index >= 15 is 0 Å². The van der Waals surface area contributed by atoms with Crippen LogP contribution in [0.1, 0.15) is 24.8 Å². The number of nitro groups is 1. The molecule has 2 fully saturated rings. The van der Waals surface area contributed by atoms with Crippen LogP contribution in [-0.2, 0) is 16.0 Å². The minimum absolute atomic E-state index is 0.0171. The molecule has 4 rings (SSSR count). The number of likely N-dealkylation sites (tertiary alicyclic amines) is 2. The highest BCUT2D eigenvalue weighted by Crippen LogP contribution is 2.28. The van der Waals surface area contributed by atoms with Gasteiger partial charge < -0.3 is 14.5 Å². The first-order chi connectivity index (χ1) is 17.9. The number of nitrogens with zero attached hydrogens (tertiary/aromatic N) is 5. The number of ether oxygens (including phenoxy) is 1. The Labute approximate surface area is 213 Å². The van der Waals surface area contributed by atoms with Crippen LogP contribution in [0.15, 0.2) is 42.6 Å². The molecule has 0 spiro atoms. The summed E-state index contributed by atoms with van der Waals surface area (Å²) < 4.78 is 19.3. The van der Waals surface area contributed by atoms with Gasteiger partial charge in [-0.3, -0.25) is 25.0 Å². The quantitative estimate of drug-likeness (QED) is 0.400. The van der Waals surface area contributed by atoms with Gasteiger partial charge in [-0.25, -0.2) is 9.37 Å². The Balaban J connectivity index is 1.44. The Bertz CT molecular complexity index is 1190. The van der Waals surface area contributed by atoms with E-state index in [-0.39, 0.29) is 49.3 Å². The van der Waals surface area contributed by atoms with Crippen molar-refractivity contribution in [3.63, 3.8) is 0 Å². The number of benzene rings is 1. The molecule has 2 amide bonds. The third kappa shape index (κ3) is 6.37. The van der Waals surface area contributed by atoms with Crippen LogP contribution >= 0.6 is 0 Å². The van der Waals surface area contributed by atoms with Gasteiger partial charge in [0.2, 0.25) is 11.8 Å². The summed E-state index contributed by atoms with van der Waals surface area (Å²) in [5.41, 5.74) is 0.479. The normalized spacial score (nSPS) is 19.9. The van der Waals surface area contributed by atoms with Crippen molar-refractivity contribution in [1.29, 1.82) is 5.26 Å². The average Bonchev–Trinajstić information content (AvgIpc) is 3.56. The summed E-state index contributed by atoms with van der Waals surface area (Å²) in [5, 5.41) is 23.5. The summed E-state index contributed by atoms with van der Waals surface area (Å²) in [6, 6.07) is 10.3. The summed E-state index contributed by atoms with van der Waals surface area (Å²) in [6.45, 7) is 0.711. The molecule has 3 heterocycles. The molecule has 0 radical (unpaired) electrons. The zero-order valence-corrected chi connectivity index (χ0v) is 20.1. The molecule has 2 aliphatic heterocycles. The predicted molar refractivity (Wildman–Crippen MR) is 129 cm³/mol. The number of hydrogen-bond donors (Lipinski definition) is 1. The van der Waals surface area contributed by atoms with E-state index in [1.165, 1.54) is 28.1 Å². The summed E-state index contributed by atoms with van der Waals surface area (Å²) in [5.74, 6) is -0.364. The minimum Gasteiger partial charge on any atom is -0.434 e. The Morgan fingerprint density at radius 1 is 1.27 bits per heavy atom. The molecule has 3 atom stereocenters. The van der Waals surface area contributed by atoms with E-state index in [1.807, 2.05) is 0 Å². The molecule has 1 aromatic carbocycles. The van der Waals surface area contributed by atoms with E-state index in [0.29, 0.717) is 25.3 Å². The first kappa shape index (κ1) is 26.0. The Morgan fingerprint density at radius 3 is 2.73 bits per heavy atom. The molecule has 37 heavy (non-hydrogen) atoms. The molecule has 0 bridgehead atoms. The smallest absolute Gasteiger partial charge is 0.331 e. The number of pyridine rings is 1. The zero-order valence-electron chi connectivity index (χ0n) is 20.1. The van der Waals surface area contributed by atoms with Crippen LogP contribution in [0, 0.1) is 21.4 Å². The molecule has 1 aromatic heterocycles. The molecule has 2 saturated heterocycles. The maximum absolute atomic E-state index is 13.8. The number of nitriles is 1. The number of aromatic nitrogens is 1. The van der Waals surface area contributed by atoms with Crippen molar-refractivity contribution < 1.29 is 23.6 Å². The van der Waals surface area contributed by atoms with Crippen LogP contribution in [0.5, 0.6) is 11.6 Å². The third-order valence-corrected chi connectivity index (χ3v) is 6.49. The van der Waals surface area contributed by atoms with Crippen LogP contribution in [0.25, 0.3) is 0 Å². The van der Waals surface area contributed by atoms with Crippen LogP contribution in [0.2, 0.25) is 0 Å². The first-order valence-corrected chi connectivity index (χ1v) is 12.1. The Kier molecular flexibility index (Phi) is 8.25. The summed E-state index contributed by atoms with van der Waals surface area (Å²) in [4.78, 5) is 43.4. The fourth-order valence-corrected chi connectivity index (χ4v) is 4.54. The van der Waals surface area contributed by atoms with Crippen LogP contribution in [0.3, 0.4) is 0 Å². The van der Waals surface area contributed by atoms with Crippen molar-refractivity contribution in [3.8, 4) is 17.7 Å². The van der Waals surface area contributed by atoms with E-state index in [4.69, 9.17) is 4.74 Å². The molecular formula is C25H27FN6O5. The molecular weight excluding hydrogens is 483 g/mol. The van der Waals surface area contributed by atoms with E-state index in [1.54, 1.807) is 24.3 Å². The van der Waals surface area contributed by atoms with E-state index in [9.17, 15) is 29.4 Å². The molecule has 12 heteroatoms. The summed E-state index contributed by atoms with van der Waals surface area (Å²) >= 11 is 0. The molecule has 194 valence electrons. The van der Waals surface area contributed by atoms with Gasteiger partial charge in [0, 0.05) is 25.4 Å². The van der Waals surface area contributed by atoms with Gasteiger partial charge in [-0.15, -0.1) is 0 Å². The van der Waals surface area contributed by atoms with Gasteiger partial charge in [-0.2, -0.15) is 5.26 Å². The van der Waals surface area contributed by atoms with E-state index in [2.05, 4.69) is 16.4 Å². The van der Waals surface area contributed by atoms with Gasteiger partial charge in [-0.05, 0) is 49.4 Å². The van der Waals surface area contributed by atoms with Gasteiger partial charge in [0.1, 0.15) is 18.0 Å². The summed E-state index contributed by atoms with van der Waals surface area (Å²) in [6.07, 6.45) is 2.22. The Hall–Kier alpha value is -4.11. The third-order valence-electron chi connectivity index (χ3n) is 6.49. The van der Waals surface area contributed by atoms with Crippen molar-refractivity contribution in [3.05, 3.63) is 58.3 Å². The summed E-state index contributed by atoms with van der Waals surface area (Å²) in [7, 11) is 0. The highest BCUT2D eigenvalue weighted by Gasteiger charge is 2.33. The molecule has 2 aliphatic rings. The highest BCUT2D eigenvalue weighted by molar-refractivity contribution is 5.84. The number of carbonyl (C=O) groups is 2. The second-order valence-corrected chi connectivity index (χ2v) is 9.01. The lowest BCUT2D eigenvalue weighted by molar-refractivity contribution is -0.386. The molecule has 0 unspecified atom stereocenters. The van der Waals surface area contributed by atoms with Crippen molar-refractivity contribution in [2.75, 3.05) is 26.2 Å². The van der Waals surface area contributed by atoms with Crippen LogP contribution < -0.4 is 10.1 Å². The number of carbonyl (C=O) groups excluding carboxylic acids is 2. The van der Waals surface area contributed by atoms with Gasteiger partial charge in [0.25, 0.3) is 5.88 Å². The van der Waals surface area contributed by atoms with Crippen molar-refractivity contribution >= 4 is 17.5 Å². The van der Waals surface area contributed by atoms with Gasteiger partial charge in [-0.1, -0.05) is 12.1 Å². The lowest BCUT2D eigenvalue weighted by Gasteiger charge is -2.26. The SMILES string of the molecule is N#C[C@H]1CCCN1C(=O)CN[C@H](Cc1ccc(Oc2ncccc2[N+](=O)[O-])cc1)C(=O)N1CC[C@@H](F)C1. The number of amides is 2. The van der Waals surface area contributed by atoms with Crippen molar-refractivity contribution in [2.45, 2.75) is 43.9 Å². The van der Waals surface area contributed by atoms with Crippen LogP contribution in [-0.4, -0.2) is 76.0 Å². The minimum atomic E-state index is -1.07. The number of rotatable bonds is 9. The van der Waals surface area contributed by atoms with Gasteiger partial charge >= 0.3 is 5.69 Å². The zero-order chi connectivity index (χ0) is 26.4. The molecule has 0 saturated carbocycles. The average molecular weight is 511 g/mol. The topological polar surface area (TPSA) is 142 Å². The molecule has 0 aliphatic carbocycles. The lowest BCUT2D eigenvalue weighted by Crippen LogP contribution is -2.50. The molecule has 2 aromatic rings. The van der Waals surface area contributed by atoms with Crippen molar-refractivity contribution in [2.24, 2.45) is 0 Å². The fraction of sp³-hybridized carbons (Fsp3) is 0.440. The number of hydrogen-bond acceptors (Lipinski definition) is 8.